The Hall–Kier alpha value is -4.15. The summed E-state index contributed by atoms with van der Waals surface area (Å²) in [6.07, 6.45) is 8.82. The summed E-state index contributed by atoms with van der Waals surface area (Å²) >= 11 is 1.23. The SMILES string of the molecule is C=C(S/C=C(\N)C(=O)Nc1cnccc1N1CCNCC1)n1cc(-c2ccc3ncccc3c2)cn1. The van der Waals surface area contributed by atoms with E-state index >= 15 is 0 Å². The van der Waals surface area contributed by atoms with Gasteiger partial charge >= 0.3 is 0 Å². The largest absolute Gasteiger partial charge is 0.394 e. The molecule has 36 heavy (non-hydrogen) atoms. The van der Waals surface area contributed by atoms with E-state index in [4.69, 9.17) is 5.73 Å². The minimum absolute atomic E-state index is 0.0747. The third kappa shape index (κ3) is 5.24. The number of aromatic nitrogens is 4. The maximum atomic E-state index is 12.8. The quantitative estimate of drug-likeness (QED) is 0.332. The summed E-state index contributed by atoms with van der Waals surface area (Å²) < 4.78 is 1.67. The second-order valence-corrected chi connectivity index (χ2v) is 9.20. The van der Waals surface area contributed by atoms with Crippen molar-refractivity contribution >= 4 is 45.0 Å². The van der Waals surface area contributed by atoms with Gasteiger partial charge in [-0.2, -0.15) is 5.10 Å². The maximum Gasteiger partial charge on any atom is 0.272 e. The van der Waals surface area contributed by atoms with Gasteiger partial charge in [-0.15, -0.1) is 0 Å². The fourth-order valence-electron chi connectivity index (χ4n) is 3.96. The Morgan fingerprint density at radius 2 is 2.00 bits per heavy atom. The van der Waals surface area contributed by atoms with Crippen LogP contribution in [0.1, 0.15) is 0 Å². The summed E-state index contributed by atoms with van der Waals surface area (Å²) in [5.41, 5.74) is 10.6. The first-order chi connectivity index (χ1) is 17.6. The monoisotopic (exact) mass is 498 g/mol. The molecule has 1 aliphatic heterocycles. The number of rotatable bonds is 7. The van der Waals surface area contributed by atoms with E-state index in [0.717, 1.165) is 53.9 Å². The molecule has 4 N–H and O–H groups in total. The molecular formula is C26H26N8OS. The molecule has 4 aromatic rings. The van der Waals surface area contributed by atoms with E-state index in [0.29, 0.717) is 10.7 Å². The van der Waals surface area contributed by atoms with Gasteiger partial charge in [-0.1, -0.05) is 30.5 Å². The average molecular weight is 499 g/mol. The van der Waals surface area contributed by atoms with Gasteiger partial charge in [-0.25, -0.2) is 4.68 Å². The molecule has 0 radical (unpaired) electrons. The molecule has 0 aliphatic carbocycles. The van der Waals surface area contributed by atoms with Crippen LogP contribution in [0.25, 0.3) is 27.1 Å². The summed E-state index contributed by atoms with van der Waals surface area (Å²) in [6.45, 7) is 7.57. The molecule has 3 aromatic heterocycles. The normalized spacial score (nSPS) is 14.1. The standard InChI is InChI=1S/C26H26N8OS/c1-18(34-16-21(14-31-34)19-4-5-23-20(13-19)3-2-7-30-23)36-17-22(27)26(35)32-24-15-29-8-6-25(24)33-11-9-28-10-12-33/h2-8,13-17,28H,1,9-12,27H2,(H,32,35)/b22-17-. The molecule has 9 nitrogen and oxygen atoms in total. The van der Waals surface area contributed by atoms with Gasteiger partial charge in [-0.05, 0) is 29.8 Å². The van der Waals surface area contributed by atoms with Crippen molar-refractivity contribution in [3.8, 4) is 11.1 Å². The van der Waals surface area contributed by atoms with Crippen molar-refractivity contribution in [2.45, 2.75) is 0 Å². The van der Waals surface area contributed by atoms with Crippen LogP contribution in [0.2, 0.25) is 0 Å². The minimum atomic E-state index is -0.398. The molecule has 0 saturated carbocycles. The molecule has 4 heterocycles. The number of amides is 1. The first-order valence-corrected chi connectivity index (χ1v) is 12.4. The molecule has 10 heteroatoms. The van der Waals surface area contributed by atoms with Crippen LogP contribution in [0.5, 0.6) is 0 Å². The predicted molar refractivity (Wildman–Crippen MR) is 146 cm³/mol. The number of hydrogen-bond donors (Lipinski definition) is 3. The highest BCUT2D eigenvalue weighted by molar-refractivity contribution is 8.10. The van der Waals surface area contributed by atoms with Gasteiger partial charge in [-0.3, -0.25) is 14.8 Å². The van der Waals surface area contributed by atoms with Crippen molar-refractivity contribution in [3.63, 3.8) is 0 Å². The highest BCUT2D eigenvalue weighted by Crippen LogP contribution is 2.28. The third-order valence-electron chi connectivity index (χ3n) is 5.86. The number of piperazine rings is 1. The molecule has 0 spiro atoms. The highest BCUT2D eigenvalue weighted by atomic mass is 32.2. The topological polar surface area (TPSA) is 114 Å². The first kappa shape index (κ1) is 23.6. The van der Waals surface area contributed by atoms with Gasteiger partial charge in [0.15, 0.2) is 0 Å². The summed E-state index contributed by atoms with van der Waals surface area (Å²) in [5, 5.41) is 13.9. The molecular weight excluding hydrogens is 472 g/mol. The van der Waals surface area contributed by atoms with E-state index in [2.05, 4.69) is 43.2 Å². The maximum absolute atomic E-state index is 12.8. The Bertz CT molecular complexity index is 1440. The van der Waals surface area contributed by atoms with Crippen LogP contribution in [0.3, 0.4) is 0 Å². The zero-order chi connectivity index (χ0) is 24.9. The Labute approximate surface area is 213 Å². The number of nitrogens with zero attached hydrogens (tertiary/aromatic N) is 5. The molecule has 1 saturated heterocycles. The van der Waals surface area contributed by atoms with E-state index in [-0.39, 0.29) is 5.70 Å². The van der Waals surface area contributed by atoms with Crippen molar-refractivity contribution in [3.05, 3.63) is 85.1 Å². The Morgan fingerprint density at radius 3 is 2.86 bits per heavy atom. The summed E-state index contributed by atoms with van der Waals surface area (Å²) in [4.78, 5) is 23.5. The third-order valence-corrected chi connectivity index (χ3v) is 6.69. The average Bonchev–Trinajstić information content (AvgIpc) is 3.42. The van der Waals surface area contributed by atoms with E-state index in [1.54, 1.807) is 34.9 Å². The molecule has 1 amide bonds. The van der Waals surface area contributed by atoms with Crippen LogP contribution < -0.4 is 21.3 Å². The fraction of sp³-hybridized carbons (Fsp3) is 0.154. The summed E-state index contributed by atoms with van der Waals surface area (Å²) in [7, 11) is 0. The number of anilines is 2. The van der Waals surface area contributed by atoms with Crippen molar-refractivity contribution in [2.24, 2.45) is 5.73 Å². The van der Waals surface area contributed by atoms with Crippen LogP contribution in [-0.4, -0.2) is 51.8 Å². The van der Waals surface area contributed by atoms with Crippen molar-refractivity contribution in [1.29, 1.82) is 0 Å². The molecule has 182 valence electrons. The molecule has 1 fully saturated rings. The fourth-order valence-corrected chi connectivity index (χ4v) is 4.54. The number of carbonyl (C=O) groups is 1. The lowest BCUT2D eigenvalue weighted by atomic mass is 10.1. The Morgan fingerprint density at radius 1 is 1.14 bits per heavy atom. The second-order valence-electron chi connectivity index (χ2n) is 8.25. The van der Waals surface area contributed by atoms with Crippen LogP contribution >= 0.6 is 11.8 Å². The van der Waals surface area contributed by atoms with Crippen LogP contribution in [0.4, 0.5) is 11.4 Å². The number of benzene rings is 1. The lowest BCUT2D eigenvalue weighted by Crippen LogP contribution is -2.43. The smallest absolute Gasteiger partial charge is 0.272 e. The lowest BCUT2D eigenvalue weighted by molar-refractivity contribution is -0.112. The van der Waals surface area contributed by atoms with E-state index in [1.807, 2.05) is 36.5 Å². The van der Waals surface area contributed by atoms with Gasteiger partial charge in [0.25, 0.3) is 5.91 Å². The number of pyridine rings is 2. The minimum Gasteiger partial charge on any atom is -0.394 e. The highest BCUT2D eigenvalue weighted by Gasteiger charge is 2.16. The summed E-state index contributed by atoms with van der Waals surface area (Å²) in [6, 6.07) is 11.9. The zero-order valence-electron chi connectivity index (χ0n) is 19.6. The van der Waals surface area contributed by atoms with Gasteiger partial charge in [0.05, 0.1) is 34.3 Å². The molecule has 0 atom stereocenters. The Balaban J connectivity index is 1.24. The molecule has 1 aliphatic rings. The van der Waals surface area contributed by atoms with Crippen LogP contribution in [0.15, 0.2) is 85.1 Å². The lowest BCUT2D eigenvalue weighted by Gasteiger charge is -2.30. The van der Waals surface area contributed by atoms with Gasteiger partial charge in [0.1, 0.15) is 5.70 Å². The van der Waals surface area contributed by atoms with Crippen molar-refractivity contribution < 1.29 is 4.79 Å². The summed E-state index contributed by atoms with van der Waals surface area (Å²) in [5.74, 6) is -0.398. The molecule has 1 aromatic carbocycles. The van der Waals surface area contributed by atoms with Crippen LogP contribution in [-0.2, 0) is 4.79 Å². The predicted octanol–water partition coefficient (Wildman–Crippen LogP) is 3.50. The van der Waals surface area contributed by atoms with Crippen LogP contribution in [0, 0.1) is 0 Å². The van der Waals surface area contributed by atoms with E-state index in [1.165, 1.54) is 11.8 Å². The molecule has 5 rings (SSSR count). The van der Waals surface area contributed by atoms with Gasteiger partial charge in [0, 0.05) is 61.1 Å². The van der Waals surface area contributed by atoms with Crippen molar-refractivity contribution in [1.82, 2.24) is 25.1 Å². The first-order valence-electron chi connectivity index (χ1n) is 11.5. The molecule has 0 bridgehead atoms. The van der Waals surface area contributed by atoms with E-state index < -0.39 is 5.91 Å². The number of nitrogens with one attached hydrogen (secondary N) is 2. The van der Waals surface area contributed by atoms with Crippen molar-refractivity contribution in [2.75, 3.05) is 36.4 Å². The van der Waals surface area contributed by atoms with E-state index in [9.17, 15) is 4.79 Å². The second kappa shape index (κ2) is 10.6. The number of carbonyl (C=O) groups excluding carboxylic acids is 1. The zero-order valence-corrected chi connectivity index (χ0v) is 20.4. The molecule has 0 unspecified atom stereocenters. The number of fused-ring (bicyclic) bond motifs is 1. The number of hydrogen-bond acceptors (Lipinski definition) is 8. The number of thioether (sulfide) groups is 1. The number of nitrogens with two attached hydrogens (primary N) is 1. The van der Waals surface area contributed by atoms with Gasteiger partial charge in [0.2, 0.25) is 0 Å². The Kier molecular flexibility index (Phi) is 6.96. The van der Waals surface area contributed by atoms with Gasteiger partial charge < -0.3 is 21.3 Å².